The number of carbonyl (C=O) groups excluding carboxylic acids is 1. The molecule has 1 aliphatic carbocycles. The molecule has 0 amide bonds. The van der Waals surface area contributed by atoms with Crippen LogP contribution in [0.1, 0.15) is 16.7 Å². The standard InChI is InChI=1S/C26H18O2/c27-23-16-21(18-10-4-1-5-11-18)25-22(19-12-6-2-7-13-19)17-24(28-26(23)25)20-14-8-3-9-15-20/h1-17,26H. The van der Waals surface area contributed by atoms with Gasteiger partial charge in [-0.25, -0.2) is 0 Å². The molecule has 1 aliphatic heterocycles. The maximum Gasteiger partial charge on any atom is 0.201 e. The van der Waals surface area contributed by atoms with Gasteiger partial charge in [0.05, 0.1) is 0 Å². The largest absolute Gasteiger partial charge is 0.477 e. The molecule has 0 saturated carbocycles. The van der Waals surface area contributed by atoms with Crippen molar-refractivity contribution in [1.82, 2.24) is 0 Å². The van der Waals surface area contributed by atoms with Crippen molar-refractivity contribution in [3.8, 4) is 0 Å². The van der Waals surface area contributed by atoms with Crippen LogP contribution in [0, 0.1) is 0 Å². The van der Waals surface area contributed by atoms with Gasteiger partial charge in [0.1, 0.15) is 5.76 Å². The van der Waals surface area contributed by atoms with Crippen molar-refractivity contribution >= 4 is 22.7 Å². The van der Waals surface area contributed by atoms with Crippen molar-refractivity contribution in [2.24, 2.45) is 0 Å². The fraction of sp³-hybridized carbons (Fsp3) is 0.0385. The summed E-state index contributed by atoms with van der Waals surface area (Å²) in [6.45, 7) is 0. The van der Waals surface area contributed by atoms with E-state index in [2.05, 4.69) is 18.2 Å². The second kappa shape index (κ2) is 6.82. The Morgan fingerprint density at radius 2 is 1.14 bits per heavy atom. The van der Waals surface area contributed by atoms with Crippen LogP contribution in [0.2, 0.25) is 0 Å². The van der Waals surface area contributed by atoms with E-state index >= 15 is 0 Å². The fourth-order valence-electron chi connectivity index (χ4n) is 3.82. The summed E-state index contributed by atoms with van der Waals surface area (Å²) in [4.78, 5) is 12.9. The highest BCUT2D eigenvalue weighted by molar-refractivity contribution is 6.17. The zero-order valence-corrected chi connectivity index (χ0v) is 15.2. The minimum Gasteiger partial charge on any atom is -0.477 e. The van der Waals surface area contributed by atoms with Crippen LogP contribution in [0.5, 0.6) is 0 Å². The number of fused-ring (bicyclic) bond motifs is 1. The lowest BCUT2D eigenvalue weighted by Crippen LogP contribution is -2.23. The average Bonchev–Trinajstić information content (AvgIpc) is 3.11. The normalized spacial score (nSPS) is 18.3. The fourth-order valence-corrected chi connectivity index (χ4v) is 3.82. The molecule has 3 aromatic carbocycles. The summed E-state index contributed by atoms with van der Waals surface area (Å²) >= 11 is 0. The van der Waals surface area contributed by atoms with Crippen LogP contribution in [0.4, 0.5) is 0 Å². The highest BCUT2D eigenvalue weighted by Crippen LogP contribution is 2.44. The van der Waals surface area contributed by atoms with E-state index in [0.29, 0.717) is 0 Å². The molecule has 2 nitrogen and oxygen atoms in total. The van der Waals surface area contributed by atoms with Crippen molar-refractivity contribution < 1.29 is 9.53 Å². The predicted molar refractivity (Wildman–Crippen MR) is 112 cm³/mol. The lowest BCUT2D eigenvalue weighted by Gasteiger charge is -2.26. The molecule has 1 atom stereocenters. The highest BCUT2D eigenvalue weighted by atomic mass is 16.5. The maximum atomic E-state index is 12.9. The zero-order valence-electron chi connectivity index (χ0n) is 15.2. The summed E-state index contributed by atoms with van der Waals surface area (Å²) in [6, 6.07) is 30.2. The van der Waals surface area contributed by atoms with Crippen molar-refractivity contribution in [2.45, 2.75) is 6.10 Å². The minimum atomic E-state index is -0.606. The second-order valence-electron chi connectivity index (χ2n) is 6.89. The molecule has 0 saturated heterocycles. The summed E-state index contributed by atoms with van der Waals surface area (Å²) < 4.78 is 6.21. The van der Waals surface area contributed by atoms with Crippen molar-refractivity contribution in [3.63, 3.8) is 0 Å². The summed E-state index contributed by atoms with van der Waals surface area (Å²) in [5, 5.41) is 0. The van der Waals surface area contributed by atoms with Crippen LogP contribution in [0.25, 0.3) is 16.9 Å². The molecule has 2 aliphatic rings. The summed E-state index contributed by atoms with van der Waals surface area (Å²) in [6.07, 6.45) is 3.18. The molecule has 0 bridgehead atoms. The van der Waals surface area contributed by atoms with Gasteiger partial charge in [0.15, 0.2) is 6.10 Å². The molecule has 0 fully saturated rings. The predicted octanol–water partition coefficient (Wildman–Crippen LogP) is 5.55. The number of carbonyl (C=O) groups is 1. The molecule has 2 heteroatoms. The number of hydrogen-bond acceptors (Lipinski definition) is 2. The first-order chi connectivity index (χ1) is 13.8. The summed E-state index contributed by atoms with van der Waals surface area (Å²) in [7, 11) is 0. The smallest absolute Gasteiger partial charge is 0.201 e. The van der Waals surface area contributed by atoms with Gasteiger partial charge in [-0.15, -0.1) is 0 Å². The number of hydrogen-bond donors (Lipinski definition) is 0. The van der Waals surface area contributed by atoms with Gasteiger partial charge in [0.25, 0.3) is 0 Å². The van der Waals surface area contributed by atoms with Crippen LogP contribution in [-0.4, -0.2) is 11.9 Å². The molecule has 28 heavy (non-hydrogen) atoms. The van der Waals surface area contributed by atoms with Crippen LogP contribution >= 0.6 is 0 Å². The van der Waals surface area contributed by atoms with Crippen LogP contribution in [-0.2, 0) is 9.53 Å². The SMILES string of the molecule is O=C1C=C(c2ccccc2)C2=C(c3ccccc3)C=C(c3ccccc3)OC12. The second-order valence-corrected chi connectivity index (χ2v) is 6.89. The lowest BCUT2D eigenvalue weighted by atomic mass is 9.88. The Hall–Kier alpha value is -3.65. The molecular formula is C26H18O2. The third-order valence-electron chi connectivity index (χ3n) is 5.14. The first-order valence-corrected chi connectivity index (χ1v) is 9.36. The third kappa shape index (κ3) is 2.80. The Morgan fingerprint density at radius 3 is 1.75 bits per heavy atom. The highest BCUT2D eigenvalue weighted by Gasteiger charge is 2.38. The Kier molecular flexibility index (Phi) is 4.02. The number of benzene rings is 3. The lowest BCUT2D eigenvalue weighted by molar-refractivity contribution is -0.119. The Balaban J connectivity index is 1.74. The Bertz CT molecular complexity index is 1120. The van der Waals surface area contributed by atoms with E-state index in [9.17, 15) is 4.79 Å². The quantitative estimate of drug-likeness (QED) is 0.611. The van der Waals surface area contributed by atoms with Gasteiger partial charge in [-0.3, -0.25) is 4.79 Å². The molecule has 0 aromatic heterocycles. The first-order valence-electron chi connectivity index (χ1n) is 9.36. The molecular weight excluding hydrogens is 344 g/mol. The molecule has 1 heterocycles. The van der Waals surface area contributed by atoms with Gasteiger partial charge in [-0.05, 0) is 34.4 Å². The van der Waals surface area contributed by atoms with Crippen molar-refractivity contribution in [1.29, 1.82) is 0 Å². The molecule has 0 radical (unpaired) electrons. The Labute approximate surface area is 164 Å². The van der Waals surface area contributed by atoms with E-state index < -0.39 is 6.10 Å². The van der Waals surface area contributed by atoms with Gasteiger partial charge < -0.3 is 4.74 Å². The van der Waals surface area contributed by atoms with Gasteiger partial charge in [-0.1, -0.05) is 91.0 Å². The van der Waals surface area contributed by atoms with Crippen LogP contribution in [0.15, 0.2) is 109 Å². The van der Waals surface area contributed by atoms with Crippen LogP contribution in [0.3, 0.4) is 0 Å². The number of ketones is 1. The molecule has 0 N–H and O–H groups in total. The van der Waals surface area contributed by atoms with E-state index in [4.69, 9.17) is 4.74 Å². The van der Waals surface area contributed by atoms with Gasteiger partial charge in [0, 0.05) is 11.1 Å². The number of ether oxygens (including phenoxy) is 1. The molecule has 134 valence electrons. The number of rotatable bonds is 3. The first kappa shape index (κ1) is 16.5. The van der Waals surface area contributed by atoms with Crippen molar-refractivity contribution in [3.05, 3.63) is 125 Å². The van der Waals surface area contributed by atoms with Crippen LogP contribution < -0.4 is 0 Å². The van der Waals surface area contributed by atoms with E-state index in [1.807, 2.05) is 78.9 Å². The van der Waals surface area contributed by atoms with E-state index in [-0.39, 0.29) is 5.78 Å². The summed E-state index contributed by atoms with van der Waals surface area (Å²) in [5.41, 5.74) is 6.00. The van der Waals surface area contributed by atoms with E-state index in [0.717, 1.165) is 39.2 Å². The zero-order chi connectivity index (χ0) is 18.9. The molecule has 1 unspecified atom stereocenters. The maximum absolute atomic E-state index is 12.9. The van der Waals surface area contributed by atoms with Gasteiger partial charge in [0.2, 0.25) is 5.78 Å². The summed E-state index contributed by atoms with van der Waals surface area (Å²) in [5.74, 6) is 0.716. The van der Waals surface area contributed by atoms with E-state index in [1.165, 1.54) is 0 Å². The molecule has 0 spiro atoms. The molecule has 3 aromatic rings. The van der Waals surface area contributed by atoms with Crippen molar-refractivity contribution in [2.75, 3.05) is 0 Å². The number of allylic oxidation sites excluding steroid dienone is 2. The van der Waals surface area contributed by atoms with Gasteiger partial charge in [-0.2, -0.15) is 0 Å². The molecule has 5 rings (SSSR count). The van der Waals surface area contributed by atoms with E-state index in [1.54, 1.807) is 6.08 Å². The Morgan fingerprint density at radius 1 is 0.607 bits per heavy atom. The topological polar surface area (TPSA) is 26.3 Å². The average molecular weight is 362 g/mol. The monoisotopic (exact) mass is 362 g/mol. The third-order valence-corrected chi connectivity index (χ3v) is 5.14. The minimum absolute atomic E-state index is 0.0104. The van der Waals surface area contributed by atoms with Gasteiger partial charge >= 0.3 is 0 Å².